The van der Waals surface area contributed by atoms with E-state index in [0.29, 0.717) is 11.8 Å². The molecule has 3 rings (SSSR count). The molecule has 1 aliphatic carbocycles. The minimum Gasteiger partial charge on any atom is -0.329 e. The van der Waals surface area contributed by atoms with E-state index in [1.807, 2.05) is 13.0 Å². The van der Waals surface area contributed by atoms with Crippen LogP contribution >= 0.6 is 0 Å². The average Bonchev–Trinajstić information content (AvgIpc) is 3.03. The molecule has 134 valence electrons. The predicted octanol–water partition coefficient (Wildman–Crippen LogP) is 5.47. The van der Waals surface area contributed by atoms with Gasteiger partial charge in [0.1, 0.15) is 0 Å². The lowest BCUT2D eigenvalue weighted by molar-refractivity contribution is -0.137. The molecular formula is C20H22F3NO. The Morgan fingerprint density at radius 2 is 2.00 bits per heavy atom. The number of pyridine rings is 1. The van der Waals surface area contributed by atoms with Crippen molar-refractivity contribution in [2.24, 2.45) is 5.92 Å². The van der Waals surface area contributed by atoms with Crippen LogP contribution < -0.4 is 5.56 Å². The number of benzene rings is 1. The highest BCUT2D eigenvalue weighted by atomic mass is 19.4. The van der Waals surface area contributed by atoms with Gasteiger partial charge in [-0.05, 0) is 60.6 Å². The minimum absolute atomic E-state index is 0.0987. The number of aromatic amines is 1. The summed E-state index contributed by atoms with van der Waals surface area (Å²) < 4.78 is 38.6. The first-order chi connectivity index (χ1) is 11.8. The summed E-state index contributed by atoms with van der Waals surface area (Å²) in [6.07, 6.45) is 1.54. The fourth-order valence-corrected chi connectivity index (χ4v) is 3.93. The first-order valence-electron chi connectivity index (χ1n) is 8.68. The standard InChI is InChI=1S/C20H22F3NO/c1-13(15-3-2-4-18(11-15)20(21,22)23)9-14-5-6-16(10-14)17-7-8-19(25)24-12-17/h2-4,7-8,11-14,16H,5-6,9-10H2,1H3,(H,24,25)/t13-,14?,16-/m0/s1. The zero-order chi connectivity index (χ0) is 18.0. The van der Waals surface area contributed by atoms with E-state index in [9.17, 15) is 18.0 Å². The van der Waals surface area contributed by atoms with Gasteiger partial charge in [-0.15, -0.1) is 0 Å². The number of hydrogen-bond acceptors (Lipinski definition) is 1. The highest BCUT2D eigenvalue weighted by molar-refractivity contribution is 5.28. The van der Waals surface area contributed by atoms with Crippen LogP contribution in [-0.4, -0.2) is 4.98 Å². The second kappa shape index (κ2) is 7.06. The lowest BCUT2D eigenvalue weighted by Crippen LogP contribution is -2.08. The number of hydrogen-bond donors (Lipinski definition) is 1. The quantitative estimate of drug-likeness (QED) is 0.780. The van der Waals surface area contributed by atoms with Crippen LogP contribution in [0.3, 0.4) is 0 Å². The van der Waals surface area contributed by atoms with E-state index >= 15 is 0 Å². The Labute approximate surface area is 145 Å². The van der Waals surface area contributed by atoms with Gasteiger partial charge in [0.2, 0.25) is 5.56 Å². The van der Waals surface area contributed by atoms with Crippen LogP contribution in [0.15, 0.2) is 47.4 Å². The number of halogens is 3. The second-order valence-corrected chi connectivity index (χ2v) is 7.12. The van der Waals surface area contributed by atoms with E-state index in [1.165, 1.54) is 12.1 Å². The number of H-pyrrole nitrogens is 1. The van der Waals surface area contributed by atoms with Gasteiger partial charge in [-0.3, -0.25) is 4.79 Å². The molecule has 0 radical (unpaired) electrons. The average molecular weight is 349 g/mol. The van der Waals surface area contributed by atoms with Gasteiger partial charge in [0.05, 0.1) is 5.56 Å². The van der Waals surface area contributed by atoms with E-state index in [0.717, 1.165) is 42.9 Å². The Hall–Kier alpha value is -2.04. The molecule has 2 aromatic rings. The van der Waals surface area contributed by atoms with Crippen molar-refractivity contribution < 1.29 is 13.2 Å². The van der Waals surface area contributed by atoms with Crippen LogP contribution in [0.25, 0.3) is 0 Å². The molecule has 1 heterocycles. The fraction of sp³-hybridized carbons (Fsp3) is 0.450. The van der Waals surface area contributed by atoms with Crippen molar-refractivity contribution in [3.63, 3.8) is 0 Å². The summed E-state index contributed by atoms with van der Waals surface area (Å²) in [6.45, 7) is 2.00. The van der Waals surface area contributed by atoms with Crippen LogP contribution in [0.1, 0.15) is 61.1 Å². The molecular weight excluding hydrogens is 327 g/mol. The maximum absolute atomic E-state index is 12.9. The highest BCUT2D eigenvalue weighted by Crippen LogP contribution is 2.42. The SMILES string of the molecule is C[C@@H](CC1CC[C@H](c2ccc(=O)[nH]c2)C1)c1cccc(C(F)(F)F)c1. The molecule has 0 aliphatic heterocycles. The van der Waals surface area contributed by atoms with Gasteiger partial charge in [-0.1, -0.05) is 31.2 Å². The third-order valence-electron chi connectivity index (χ3n) is 5.29. The fourth-order valence-electron chi connectivity index (χ4n) is 3.93. The van der Waals surface area contributed by atoms with Crippen molar-refractivity contribution in [1.29, 1.82) is 0 Å². The molecule has 1 fully saturated rings. The number of alkyl halides is 3. The number of aromatic nitrogens is 1. The van der Waals surface area contributed by atoms with Gasteiger partial charge in [0.15, 0.2) is 0 Å². The van der Waals surface area contributed by atoms with Crippen molar-refractivity contribution in [2.75, 3.05) is 0 Å². The third kappa shape index (κ3) is 4.33. The molecule has 1 aliphatic rings. The Kier molecular flexibility index (Phi) is 5.02. The molecule has 1 unspecified atom stereocenters. The summed E-state index contributed by atoms with van der Waals surface area (Å²) in [6, 6.07) is 9.10. The van der Waals surface area contributed by atoms with Crippen LogP contribution in [0.4, 0.5) is 13.2 Å². The monoisotopic (exact) mass is 349 g/mol. The van der Waals surface area contributed by atoms with Gasteiger partial charge in [0.25, 0.3) is 0 Å². The minimum atomic E-state index is -4.29. The van der Waals surface area contributed by atoms with E-state index in [-0.39, 0.29) is 11.5 Å². The van der Waals surface area contributed by atoms with Crippen LogP contribution in [0.2, 0.25) is 0 Å². The summed E-state index contributed by atoms with van der Waals surface area (Å²) in [5.41, 5.74) is 1.22. The van der Waals surface area contributed by atoms with Crippen molar-refractivity contribution >= 4 is 0 Å². The summed E-state index contributed by atoms with van der Waals surface area (Å²) in [5.74, 6) is 1.03. The molecule has 0 saturated heterocycles. The molecule has 1 saturated carbocycles. The molecule has 1 N–H and O–H groups in total. The first kappa shape index (κ1) is 17.8. The molecule has 1 aromatic carbocycles. The first-order valence-corrected chi connectivity index (χ1v) is 8.68. The maximum Gasteiger partial charge on any atom is 0.416 e. The molecule has 3 atom stereocenters. The lowest BCUT2D eigenvalue weighted by atomic mass is 9.87. The van der Waals surface area contributed by atoms with E-state index in [2.05, 4.69) is 4.98 Å². The van der Waals surface area contributed by atoms with Crippen molar-refractivity contribution in [1.82, 2.24) is 4.98 Å². The lowest BCUT2D eigenvalue weighted by Gasteiger charge is -2.18. The zero-order valence-corrected chi connectivity index (χ0v) is 14.1. The van der Waals surface area contributed by atoms with E-state index in [1.54, 1.807) is 18.3 Å². The van der Waals surface area contributed by atoms with E-state index < -0.39 is 11.7 Å². The molecule has 0 spiro atoms. The molecule has 0 amide bonds. The molecule has 1 aromatic heterocycles. The topological polar surface area (TPSA) is 32.9 Å². The summed E-state index contributed by atoms with van der Waals surface area (Å²) >= 11 is 0. The van der Waals surface area contributed by atoms with Crippen molar-refractivity contribution in [2.45, 2.75) is 50.6 Å². The third-order valence-corrected chi connectivity index (χ3v) is 5.29. The van der Waals surface area contributed by atoms with Crippen LogP contribution in [-0.2, 0) is 6.18 Å². The van der Waals surface area contributed by atoms with Crippen LogP contribution in [0.5, 0.6) is 0 Å². The Balaban J connectivity index is 1.63. The van der Waals surface area contributed by atoms with Crippen molar-refractivity contribution in [3.05, 3.63) is 69.6 Å². The summed E-state index contributed by atoms with van der Waals surface area (Å²) in [4.78, 5) is 13.9. The molecule has 0 bridgehead atoms. The Morgan fingerprint density at radius 3 is 2.68 bits per heavy atom. The maximum atomic E-state index is 12.9. The molecule has 2 nitrogen and oxygen atoms in total. The summed E-state index contributed by atoms with van der Waals surface area (Å²) in [5, 5.41) is 0. The Morgan fingerprint density at radius 1 is 1.20 bits per heavy atom. The number of nitrogens with one attached hydrogen (secondary N) is 1. The predicted molar refractivity (Wildman–Crippen MR) is 91.6 cm³/mol. The van der Waals surface area contributed by atoms with Gasteiger partial charge in [-0.2, -0.15) is 13.2 Å². The van der Waals surface area contributed by atoms with Gasteiger partial charge in [0, 0.05) is 12.3 Å². The van der Waals surface area contributed by atoms with Gasteiger partial charge >= 0.3 is 6.18 Å². The highest BCUT2D eigenvalue weighted by Gasteiger charge is 2.31. The number of rotatable bonds is 4. The second-order valence-electron chi connectivity index (χ2n) is 7.12. The zero-order valence-electron chi connectivity index (χ0n) is 14.1. The van der Waals surface area contributed by atoms with Crippen molar-refractivity contribution in [3.8, 4) is 0 Å². The smallest absolute Gasteiger partial charge is 0.329 e. The molecule has 25 heavy (non-hydrogen) atoms. The van der Waals surface area contributed by atoms with E-state index in [4.69, 9.17) is 0 Å². The van der Waals surface area contributed by atoms with Gasteiger partial charge in [-0.25, -0.2) is 0 Å². The normalized spacial score (nSPS) is 22.1. The van der Waals surface area contributed by atoms with Crippen LogP contribution in [0, 0.1) is 5.92 Å². The Bertz CT molecular complexity index is 761. The largest absolute Gasteiger partial charge is 0.416 e. The van der Waals surface area contributed by atoms with Gasteiger partial charge < -0.3 is 4.98 Å². The molecule has 5 heteroatoms. The summed E-state index contributed by atoms with van der Waals surface area (Å²) in [7, 11) is 0.